The molecular weight excluding hydrogens is 266 g/mol. The molecule has 4 heteroatoms. The highest BCUT2D eigenvalue weighted by atomic mass is 79.9. The van der Waals surface area contributed by atoms with Gasteiger partial charge in [-0.1, -0.05) is 28.1 Å². The predicted octanol–water partition coefficient (Wildman–Crippen LogP) is 1.85. The molecule has 1 aromatic rings. The van der Waals surface area contributed by atoms with Crippen molar-refractivity contribution in [3.8, 4) is 0 Å². The lowest BCUT2D eigenvalue weighted by Crippen LogP contribution is -2.32. The third-order valence-electron chi connectivity index (χ3n) is 3.12. The standard InChI is InChI=1S/C12H14BrN3/c13-9-3-1-8(2-4-9)11-12-10(5-6-14-11)15-7-16-12/h1-4,11,14-16H,5-7H2/t11-/m0/s1. The van der Waals surface area contributed by atoms with Crippen LogP contribution in [0.1, 0.15) is 18.0 Å². The first-order chi connectivity index (χ1) is 7.84. The van der Waals surface area contributed by atoms with Crippen LogP contribution in [0.5, 0.6) is 0 Å². The molecule has 2 aliphatic heterocycles. The maximum absolute atomic E-state index is 3.55. The van der Waals surface area contributed by atoms with Gasteiger partial charge in [-0.2, -0.15) is 0 Å². The quantitative estimate of drug-likeness (QED) is 0.734. The highest BCUT2D eigenvalue weighted by molar-refractivity contribution is 9.10. The second-order valence-corrected chi connectivity index (χ2v) is 5.03. The molecule has 0 amide bonds. The zero-order chi connectivity index (χ0) is 11.0. The molecule has 0 unspecified atom stereocenters. The Labute approximate surface area is 103 Å². The van der Waals surface area contributed by atoms with Crippen LogP contribution in [-0.2, 0) is 0 Å². The van der Waals surface area contributed by atoms with E-state index in [-0.39, 0.29) is 0 Å². The lowest BCUT2D eigenvalue weighted by atomic mass is 9.99. The maximum atomic E-state index is 3.55. The van der Waals surface area contributed by atoms with Gasteiger partial charge in [0.05, 0.1) is 18.4 Å². The Morgan fingerprint density at radius 1 is 1.12 bits per heavy atom. The summed E-state index contributed by atoms with van der Waals surface area (Å²) in [7, 11) is 0. The third-order valence-corrected chi connectivity index (χ3v) is 3.65. The molecule has 1 aromatic carbocycles. The van der Waals surface area contributed by atoms with Crippen LogP contribution in [0.15, 0.2) is 40.1 Å². The first-order valence-electron chi connectivity index (χ1n) is 5.54. The van der Waals surface area contributed by atoms with Crippen molar-refractivity contribution in [3.63, 3.8) is 0 Å². The van der Waals surface area contributed by atoms with E-state index in [1.54, 1.807) is 0 Å². The van der Waals surface area contributed by atoms with E-state index in [9.17, 15) is 0 Å². The fourth-order valence-electron chi connectivity index (χ4n) is 2.33. The molecule has 0 fully saturated rings. The molecule has 0 saturated carbocycles. The van der Waals surface area contributed by atoms with Gasteiger partial charge in [-0.05, 0) is 17.7 Å². The molecule has 0 aliphatic carbocycles. The van der Waals surface area contributed by atoms with Crippen LogP contribution in [-0.4, -0.2) is 13.2 Å². The fourth-order valence-corrected chi connectivity index (χ4v) is 2.60. The molecule has 16 heavy (non-hydrogen) atoms. The topological polar surface area (TPSA) is 36.1 Å². The number of benzene rings is 1. The maximum Gasteiger partial charge on any atom is 0.0846 e. The molecule has 0 spiro atoms. The minimum absolute atomic E-state index is 0.312. The molecule has 3 nitrogen and oxygen atoms in total. The first-order valence-corrected chi connectivity index (χ1v) is 6.33. The van der Waals surface area contributed by atoms with Crippen LogP contribution in [0.25, 0.3) is 0 Å². The lowest BCUT2D eigenvalue weighted by molar-refractivity contribution is 0.541. The van der Waals surface area contributed by atoms with Gasteiger partial charge >= 0.3 is 0 Å². The molecule has 2 aliphatic rings. The number of hydrogen-bond donors (Lipinski definition) is 3. The molecule has 2 heterocycles. The Bertz CT molecular complexity index is 424. The van der Waals surface area contributed by atoms with E-state index < -0.39 is 0 Å². The van der Waals surface area contributed by atoms with E-state index in [0.717, 1.165) is 24.1 Å². The summed E-state index contributed by atoms with van der Waals surface area (Å²) in [6.45, 7) is 1.90. The summed E-state index contributed by atoms with van der Waals surface area (Å²) in [6.07, 6.45) is 1.09. The largest absolute Gasteiger partial charge is 0.370 e. The van der Waals surface area contributed by atoms with E-state index in [2.05, 4.69) is 56.1 Å². The third kappa shape index (κ3) is 1.72. The second kappa shape index (κ2) is 4.11. The average Bonchev–Trinajstić information content (AvgIpc) is 2.78. The molecular formula is C12H14BrN3. The predicted molar refractivity (Wildman–Crippen MR) is 67.7 cm³/mol. The van der Waals surface area contributed by atoms with Crippen molar-refractivity contribution in [1.82, 2.24) is 16.0 Å². The van der Waals surface area contributed by atoms with Crippen LogP contribution in [0.3, 0.4) is 0 Å². The summed E-state index contributed by atoms with van der Waals surface area (Å²) in [5.74, 6) is 0. The van der Waals surface area contributed by atoms with Crippen molar-refractivity contribution in [2.45, 2.75) is 12.5 Å². The van der Waals surface area contributed by atoms with E-state index in [1.165, 1.54) is 17.0 Å². The first kappa shape index (κ1) is 10.2. The van der Waals surface area contributed by atoms with Gasteiger partial charge in [-0.3, -0.25) is 0 Å². The van der Waals surface area contributed by atoms with Gasteiger partial charge in [0.2, 0.25) is 0 Å². The van der Waals surface area contributed by atoms with Crippen LogP contribution >= 0.6 is 15.9 Å². The van der Waals surface area contributed by atoms with E-state index in [4.69, 9.17) is 0 Å². The molecule has 0 radical (unpaired) electrons. The Morgan fingerprint density at radius 3 is 2.75 bits per heavy atom. The fraction of sp³-hybridized carbons (Fsp3) is 0.333. The summed E-state index contributed by atoms with van der Waals surface area (Å²) in [6, 6.07) is 8.82. The van der Waals surface area contributed by atoms with E-state index >= 15 is 0 Å². The zero-order valence-electron chi connectivity index (χ0n) is 8.89. The molecule has 0 aromatic heterocycles. The van der Waals surface area contributed by atoms with Crippen LogP contribution < -0.4 is 16.0 Å². The summed E-state index contributed by atoms with van der Waals surface area (Å²) in [5.41, 5.74) is 3.99. The highest BCUT2D eigenvalue weighted by Gasteiger charge is 2.26. The van der Waals surface area contributed by atoms with Crippen LogP contribution in [0.2, 0.25) is 0 Å². The Kier molecular flexibility index (Phi) is 2.61. The van der Waals surface area contributed by atoms with Crippen molar-refractivity contribution in [1.29, 1.82) is 0 Å². The SMILES string of the molecule is Brc1ccc([C@@H]2NCCC3=C2NCN3)cc1. The molecule has 84 valence electrons. The Morgan fingerprint density at radius 2 is 1.94 bits per heavy atom. The summed E-state index contributed by atoms with van der Waals surface area (Å²) in [5, 5.41) is 10.4. The minimum atomic E-state index is 0.312. The van der Waals surface area contributed by atoms with Gasteiger partial charge in [-0.25, -0.2) is 0 Å². The van der Waals surface area contributed by atoms with Gasteiger partial charge in [0.25, 0.3) is 0 Å². The molecule has 0 bridgehead atoms. The van der Waals surface area contributed by atoms with Crippen molar-refractivity contribution in [3.05, 3.63) is 45.7 Å². The smallest absolute Gasteiger partial charge is 0.0846 e. The zero-order valence-corrected chi connectivity index (χ0v) is 10.5. The monoisotopic (exact) mass is 279 g/mol. The van der Waals surface area contributed by atoms with Crippen molar-refractivity contribution >= 4 is 15.9 Å². The van der Waals surface area contributed by atoms with E-state index in [0.29, 0.717) is 6.04 Å². The molecule has 1 atom stereocenters. The number of rotatable bonds is 1. The van der Waals surface area contributed by atoms with Gasteiger partial charge in [0, 0.05) is 23.1 Å². The summed E-state index contributed by atoms with van der Waals surface area (Å²) in [4.78, 5) is 0. The molecule has 3 N–H and O–H groups in total. The summed E-state index contributed by atoms with van der Waals surface area (Å²) < 4.78 is 1.12. The van der Waals surface area contributed by atoms with Crippen LogP contribution in [0, 0.1) is 0 Å². The Hall–Kier alpha value is -1.00. The van der Waals surface area contributed by atoms with Gasteiger partial charge in [-0.15, -0.1) is 0 Å². The second-order valence-electron chi connectivity index (χ2n) is 4.11. The highest BCUT2D eigenvalue weighted by Crippen LogP contribution is 2.28. The molecule has 0 saturated heterocycles. The number of hydrogen-bond acceptors (Lipinski definition) is 3. The van der Waals surface area contributed by atoms with Crippen molar-refractivity contribution in [2.24, 2.45) is 0 Å². The van der Waals surface area contributed by atoms with E-state index in [1.807, 2.05) is 0 Å². The number of halogens is 1. The Balaban J connectivity index is 1.94. The lowest BCUT2D eigenvalue weighted by Gasteiger charge is -2.26. The van der Waals surface area contributed by atoms with Crippen molar-refractivity contribution < 1.29 is 0 Å². The summed E-state index contributed by atoms with van der Waals surface area (Å²) >= 11 is 3.47. The number of nitrogens with one attached hydrogen (secondary N) is 3. The van der Waals surface area contributed by atoms with Gasteiger partial charge in [0.15, 0.2) is 0 Å². The van der Waals surface area contributed by atoms with Gasteiger partial charge < -0.3 is 16.0 Å². The normalized spacial score (nSPS) is 23.7. The van der Waals surface area contributed by atoms with Crippen LogP contribution in [0.4, 0.5) is 0 Å². The average molecular weight is 280 g/mol. The van der Waals surface area contributed by atoms with Gasteiger partial charge in [0.1, 0.15) is 0 Å². The van der Waals surface area contributed by atoms with Crippen molar-refractivity contribution in [2.75, 3.05) is 13.2 Å². The minimum Gasteiger partial charge on any atom is -0.370 e. The molecule has 3 rings (SSSR count).